The van der Waals surface area contributed by atoms with Crippen LogP contribution in [0.4, 0.5) is 0 Å². The van der Waals surface area contributed by atoms with Crippen molar-refractivity contribution in [3.63, 3.8) is 0 Å². The van der Waals surface area contributed by atoms with Crippen LogP contribution in [0.2, 0.25) is 5.02 Å². The minimum absolute atomic E-state index is 0.299. The quantitative estimate of drug-likeness (QED) is 0.757. The number of rotatable bonds is 5. The number of halogens is 1. The lowest BCUT2D eigenvalue weighted by Gasteiger charge is -2.15. The number of methoxy groups -OCH3 is 2. The third kappa shape index (κ3) is 3.23. The Balaban J connectivity index is 1.86. The first-order valence-corrected chi connectivity index (χ1v) is 7.95. The number of carbonyl (C=O) groups excluding carboxylic acids is 1. The minimum Gasteiger partial charge on any atom is -0.493 e. The van der Waals surface area contributed by atoms with Gasteiger partial charge in [-0.1, -0.05) is 17.7 Å². The molecule has 1 amide bonds. The number of hydrogen-bond donors (Lipinski definition) is 1. The van der Waals surface area contributed by atoms with Crippen LogP contribution in [0.15, 0.2) is 36.5 Å². The lowest BCUT2D eigenvalue weighted by molar-refractivity contribution is 0.0937. The fourth-order valence-electron chi connectivity index (χ4n) is 2.55. The van der Waals surface area contributed by atoms with Crippen molar-refractivity contribution >= 4 is 23.2 Å². The summed E-state index contributed by atoms with van der Waals surface area (Å²) in [7, 11) is 2.97. The normalized spacial score (nSPS) is 12.0. The topological polar surface area (TPSA) is 77.8 Å². The first-order valence-electron chi connectivity index (χ1n) is 7.57. The molecule has 130 valence electrons. The minimum atomic E-state index is -0.350. The maximum atomic E-state index is 12.6. The van der Waals surface area contributed by atoms with E-state index in [1.165, 1.54) is 20.3 Å². The molecule has 8 heteroatoms. The lowest BCUT2D eigenvalue weighted by Crippen LogP contribution is -2.28. The molecule has 2 heterocycles. The van der Waals surface area contributed by atoms with Crippen molar-refractivity contribution in [2.24, 2.45) is 0 Å². The molecule has 1 unspecified atom stereocenters. The van der Waals surface area contributed by atoms with Gasteiger partial charge in [0.2, 0.25) is 0 Å². The van der Waals surface area contributed by atoms with E-state index >= 15 is 0 Å². The van der Waals surface area contributed by atoms with Crippen LogP contribution in [0.25, 0.3) is 5.65 Å². The predicted octanol–water partition coefficient (Wildman–Crippen LogP) is 2.89. The molecule has 1 atom stereocenters. The Labute approximate surface area is 149 Å². The Morgan fingerprint density at radius 1 is 1.24 bits per heavy atom. The molecule has 3 rings (SSSR count). The lowest BCUT2D eigenvalue weighted by atomic mass is 10.1. The smallest absolute Gasteiger partial charge is 0.252 e. The summed E-state index contributed by atoms with van der Waals surface area (Å²) in [4.78, 5) is 12.6. The van der Waals surface area contributed by atoms with Crippen LogP contribution < -0.4 is 14.8 Å². The number of pyridine rings is 1. The maximum absolute atomic E-state index is 12.6. The third-order valence-corrected chi connectivity index (χ3v) is 4.05. The number of nitrogens with one attached hydrogen (secondary N) is 1. The zero-order valence-corrected chi connectivity index (χ0v) is 14.7. The number of carbonyl (C=O) groups is 1. The highest BCUT2D eigenvalue weighted by Gasteiger charge is 2.19. The van der Waals surface area contributed by atoms with Crippen molar-refractivity contribution in [1.82, 2.24) is 19.9 Å². The van der Waals surface area contributed by atoms with E-state index in [-0.39, 0.29) is 11.9 Å². The number of ether oxygens (including phenoxy) is 2. The molecule has 0 spiro atoms. The van der Waals surface area contributed by atoms with Crippen molar-refractivity contribution in [3.8, 4) is 11.5 Å². The van der Waals surface area contributed by atoms with Gasteiger partial charge in [0.1, 0.15) is 0 Å². The van der Waals surface area contributed by atoms with Crippen LogP contribution in [0, 0.1) is 0 Å². The van der Waals surface area contributed by atoms with Gasteiger partial charge in [0.05, 0.1) is 25.3 Å². The van der Waals surface area contributed by atoms with Crippen LogP contribution in [0.3, 0.4) is 0 Å². The SMILES string of the molecule is COc1cc(C(=O)NC(C)c2nnc3ccccn23)cc(Cl)c1OC. The summed E-state index contributed by atoms with van der Waals surface area (Å²) in [6.45, 7) is 1.84. The second kappa shape index (κ2) is 6.98. The summed E-state index contributed by atoms with van der Waals surface area (Å²) in [5, 5.41) is 11.4. The number of aromatic nitrogens is 3. The van der Waals surface area contributed by atoms with Gasteiger partial charge in [-0.25, -0.2) is 0 Å². The Hall–Kier alpha value is -2.80. The highest BCUT2D eigenvalue weighted by atomic mass is 35.5. The van der Waals surface area contributed by atoms with Crippen LogP contribution in [0.1, 0.15) is 29.1 Å². The van der Waals surface area contributed by atoms with Gasteiger partial charge in [-0.05, 0) is 31.2 Å². The van der Waals surface area contributed by atoms with E-state index in [9.17, 15) is 4.79 Å². The van der Waals surface area contributed by atoms with Gasteiger partial charge in [-0.2, -0.15) is 0 Å². The van der Waals surface area contributed by atoms with E-state index in [1.54, 1.807) is 6.07 Å². The molecule has 3 aromatic rings. The Morgan fingerprint density at radius 3 is 2.76 bits per heavy atom. The van der Waals surface area contributed by atoms with Gasteiger partial charge >= 0.3 is 0 Å². The molecule has 0 saturated heterocycles. The van der Waals surface area contributed by atoms with Crippen molar-refractivity contribution in [2.75, 3.05) is 14.2 Å². The maximum Gasteiger partial charge on any atom is 0.252 e. The van der Waals surface area contributed by atoms with Crippen LogP contribution in [-0.4, -0.2) is 34.7 Å². The van der Waals surface area contributed by atoms with E-state index in [1.807, 2.05) is 35.7 Å². The average molecular weight is 361 g/mol. The molecular weight excluding hydrogens is 344 g/mol. The van der Waals surface area contributed by atoms with Crippen LogP contribution in [-0.2, 0) is 0 Å². The van der Waals surface area contributed by atoms with Crippen molar-refractivity contribution in [3.05, 3.63) is 52.9 Å². The van der Waals surface area contributed by atoms with Crippen LogP contribution in [0.5, 0.6) is 11.5 Å². The standard InChI is InChI=1S/C17H17ClN4O3/c1-10(16-21-20-14-6-4-5-7-22(14)16)19-17(23)11-8-12(18)15(25-3)13(9-11)24-2/h4-10H,1-3H3,(H,19,23). The monoisotopic (exact) mass is 360 g/mol. The second-order valence-electron chi connectivity index (χ2n) is 5.38. The summed E-state index contributed by atoms with van der Waals surface area (Å²) in [5.74, 6) is 1.11. The molecule has 0 aliphatic carbocycles. The molecule has 7 nitrogen and oxygen atoms in total. The van der Waals surface area contributed by atoms with E-state index < -0.39 is 0 Å². The second-order valence-corrected chi connectivity index (χ2v) is 5.78. The number of benzene rings is 1. The fourth-order valence-corrected chi connectivity index (χ4v) is 2.84. The Kier molecular flexibility index (Phi) is 4.76. The molecule has 0 aliphatic heterocycles. The summed E-state index contributed by atoms with van der Waals surface area (Å²) in [5.41, 5.74) is 1.08. The van der Waals surface area contributed by atoms with E-state index in [0.717, 1.165) is 0 Å². The van der Waals surface area contributed by atoms with E-state index in [4.69, 9.17) is 21.1 Å². The largest absolute Gasteiger partial charge is 0.493 e. The first-order chi connectivity index (χ1) is 12.0. The van der Waals surface area contributed by atoms with Gasteiger partial charge in [-0.15, -0.1) is 10.2 Å². The number of hydrogen-bond acceptors (Lipinski definition) is 5. The summed E-state index contributed by atoms with van der Waals surface area (Å²) in [6, 6.07) is 8.36. The van der Waals surface area contributed by atoms with Gasteiger partial charge in [-0.3, -0.25) is 9.20 Å². The zero-order chi connectivity index (χ0) is 18.0. The van der Waals surface area contributed by atoms with E-state index in [2.05, 4.69) is 15.5 Å². The van der Waals surface area contributed by atoms with Crippen LogP contribution >= 0.6 is 11.6 Å². The molecule has 25 heavy (non-hydrogen) atoms. The Morgan fingerprint density at radius 2 is 2.04 bits per heavy atom. The predicted molar refractivity (Wildman–Crippen MR) is 93.4 cm³/mol. The Bertz CT molecular complexity index is 925. The zero-order valence-electron chi connectivity index (χ0n) is 14.0. The first kappa shape index (κ1) is 17.0. The summed E-state index contributed by atoms with van der Waals surface area (Å²) in [6.07, 6.45) is 1.85. The molecule has 0 fully saturated rings. The molecule has 1 N–H and O–H groups in total. The van der Waals surface area contributed by atoms with Gasteiger partial charge in [0.15, 0.2) is 23.0 Å². The molecule has 0 radical (unpaired) electrons. The molecule has 1 aromatic carbocycles. The molecule has 0 bridgehead atoms. The fraction of sp³-hybridized carbons (Fsp3) is 0.235. The van der Waals surface area contributed by atoms with E-state index in [0.29, 0.717) is 33.6 Å². The molecule has 0 aliphatic rings. The number of amides is 1. The van der Waals surface area contributed by atoms with Crippen molar-refractivity contribution < 1.29 is 14.3 Å². The highest BCUT2D eigenvalue weighted by molar-refractivity contribution is 6.32. The van der Waals surface area contributed by atoms with Gasteiger partial charge in [0, 0.05) is 11.8 Å². The molecular formula is C17H17ClN4O3. The molecule has 2 aromatic heterocycles. The van der Waals surface area contributed by atoms with Gasteiger partial charge < -0.3 is 14.8 Å². The number of nitrogens with zero attached hydrogens (tertiary/aromatic N) is 3. The van der Waals surface area contributed by atoms with Gasteiger partial charge in [0.25, 0.3) is 5.91 Å². The molecule has 0 saturated carbocycles. The van der Waals surface area contributed by atoms with Crippen molar-refractivity contribution in [2.45, 2.75) is 13.0 Å². The average Bonchev–Trinajstić information content (AvgIpc) is 3.05. The highest BCUT2D eigenvalue weighted by Crippen LogP contribution is 2.36. The number of fused-ring (bicyclic) bond motifs is 1. The summed E-state index contributed by atoms with van der Waals surface area (Å²) < 4.78 is 12.2. The van der Waals surface area contributed by atoms with Crippen molar-refractivity contribution in [1.29, 1.82) is 0 Å². The third-order valence-electron chi connectivity index (χ3n) is 3.77. The summed E-state index contributed by atoms with van der Waals surface area (Å²) >= 11 is 6.16.